The zero-order chi connectivity index (χ0) is 23.5. The Morgan fingerprint density at radius 3 is 2.68 bits per heavy atom. The summed E-state index contributed by atoms with van der Waals surface area (Å²) < 4.78 is 11.4. The molecule has 0 bridgehead atoms. The van der Waals surface area contributed by atoms with E-state index in [0.29, 0.717) is 34.3 Å². The number of ether oxygens (including phenoxy) is 1. The minimum Gasteiger partial charge on any atom is -0.496 e. The van der Waals surface area contributed by atoms with Crippen LogP contribution in [-0.2, 0) is 5.41 Å². The third-order valence-electron chi connectivity index (χ3n) is 6.14. The van der Waals surface area contributed by atoms with Crippen LogP contribution >= 0.6 is 0 Å². The molecule has 0 spiro atoms. The van der Waals surface area contributed by atoms with Crippen molar-refractivity contribution in [3.05, 3.63) is 60.2 Å². The van der Waals surface area contributed by atoms with Gasteiger partial charge in [0.1, 0.15) is 16.9 Å². The molecule has 1 N–H and O–H groups in total. The molecule has 0 radical (unpaired) electrons. The van der Waals surface area contributed by atoms with Crippen molar-refractivity contribution in [2.45, 2.75) is 25.2 Å². The molecule has 1 saturated heterocycles. The van der Waals surface area contributed by atoms with Gasteiger partial charge in [-0.15, -0.1) is 10.2 Å². The number of methoxy groups -OCH3 is 1. The number of piperidine rings is 1. The van der Waals surface area contributed by atoms with E-state index in [4.69, 9.17) is 14.1 Å². The van der Waals surface area contributed by atoms with Gasteiger partial charge in [0.05, 0.1) is 42.0 Å². The highest BCUT2D eigenvalue weighted by Gasteiger charge is 2.35. The van der Waals surface area contributed by atoms with Crippen molar-refractivity contribution in [2.24, 2.45) is 0 Å². The molecule has 0 atom stereocenters. The molecule has 4 aromatic rings. The second-order valence-electron chi connectivity index (χ2n) is 8.18. The Morgan fingerprint density at radius 2 is 1.88 bits per heavy atom. The van der Waals surface area contributed by atoms with Gasteiger partial charge in [-0.05, 0) is 57.1 Å². The second kappa shape index (κ2) is 9.00. The standard InChI is InChI=1S/C25H23N7O2/c1-16-22(24-32-31-23(34-24)18-5-3-4-6-20(18)33-2)30-19(14-29-16)17-7-10-28-21(13-17)25(15-26)8-11-27-12-9-25/h3-7,10,13-14,27H,8-9,11-12H2,1-2H3. The van der Waals surface area contributed by atoms with Gasteiger partial charge >= 0.3 is 0 Å². The summed E-state index contributed by atoms with van der Waals surface area (Å²) in [6, 6.07) is 13.8. The number of hydrogen-bond donors (Lipinski definition) is 1. The molecule has 1 aromatic carbocycles. The number of aryl methyl sites for hydroxylation is 1. The Labute approximate surface area is 196 Å². The zero-order valence-electron chi connectivity index (χ0n) is 18.9. The van der Waals surface area contributed by atoms with Crippen molar-refractivity contribution in [3.8, 4) is 46.1 Å². The fraction of sp³-hybridized carbons (Fsp3) is 0.280. The van der Waals surface area contributed by atoms with Gasteiger partial charge in [0.15, 0.2) is 0 Å². The highest BCUT2D eigenvalue weighted by atomic mass is 16.5. The average molecular weight is 454 g/mol. The van der Waals surface area contributed by atoms with Crippen molar-refractivity contribution in [2.75, 3.05) is 20.2 Å². The summed E-state index contributed by atoms with van der Waals surface area (Å²) in [5, 5.41) is 21.7. The van der Waals surface area contributed by atoms with Crippen molar-refractivity contribution < 1.29 is 9.15 Å². The van der Waals surface area contributed by atoms with Gasteiger partial charge in [0.2, 0.25) is 0 Å². The number of nitriles is 1. The molecule has 34 heavy (non-hydrogen) atoms. The Morgan fingerprint density at radius 1 is 1.09 bits per heavy atom. The van der Waals surface area contributed by atoms with Crippen LogP contribution in [0, 0.1) is 18.3 Å². The maximum Gasteiger partial charge on any atom is 0.268 e. The van der Waals surface area contributed by atoms with E-state index in [0.717, 1.165) is 37.2 Å². The number of benzene rings is 1. The van der Waals surface area contributed by atoms with Crippen molar-refractivity contribution >= 4 is 0 Å². The molecular weight excluding hydrogens is 430 g/mol. The molecule has 0 amide bonds. The van der Waals surface area contributed by atoms with Crippen LogP contribution in [0.15, 0.2) is 53.2 Å². The van der Waals surface area contributed by atoms with Crippen molar-refractivity contribution in [1.29, 1.82) is 5.26 Å². The summed E-state index contributed by atoms with van der Waals surface area (Å²) in [6.45, 7) is 3.43. The fourth-order valence-corrected chi connectivity index (χ4v) is 4.17. The average Bonchev–Trinajstić information content (AvgIpc) is 3.39. The van der Waals surface area contributed by atoms with Gasteiger partial charge in [-0.3, -0.25) is 9.97 Å². The predicted molar refractivity (Wildman–Crippen MR) is 125 cm³/mol. The van der Waals surface area contributed by atoms with E-state index < -0.39 is 5.41 Å². The van der Waals surface area contributed by atoms with Crippen LogP contribution in [0.5, 0.6) is 5.75 Å². The molecule has 1 fully saturated rings. The molecule has 0 aliphatic carbocycles. The van der Waals surface area contributed by atoms with Crippen LogP contribution in [0.2, 0.25) is 0 Å². The molecule has 1 aliphatic rings. The number of pyridine rings is 1. The third kappa shape index (κ3) is 3.89. The van der Waals surface area contributed by atoms with Gasteiger partial charge < -0.3 is 14.5 Å². The molecule has 9 heteroatoms. The quantitative estimate of drug-likeness (QED) is 0.481. The fourth-order valence-electron chi connectivity index (χ4n) is 4.17. The number of rotatable bonds is 5. The summed E-state index contributed by atoms with van der Waals surface area (Å²) in [4.78, 5) is 13.8. The zero-order valence-corrected chi connectivity index (χ0v) is 18.9. The Kier molecular flexibility index (Phi) is 5.74. The lowest BCUT2D eigenvalue weighted by atomic mass is 9.77. The highest BCUT2D eigenvalue weighted by Crippen LogP contribution is 2.34. The Hall–Kier alpha value is -4.16. The minimum atomic E-state index is -0.599. The number of para-hydroxylation sites is 1. The van der Waals surface area contributed by atoms with E-state index in [1.807, 2.05) is 43.3 Å². The molecule has 0 unspecified atom stereocenters. The monoisotopic (exact) mass is 453 g/mol. The van der Waals surface area contributed by atoms with Gasteiger partial charge in [-0.25, -0.2) is 4.98 Å². The second-order valence-corrected chi connectivity index (χ2v) is 8.18. The first-order valence-corrected chi connectivity index (χ1v) is 11.0. The lowest BCUT2D eigenvalue weighted by Gasteiger charge is -2.30. The first kappa shape index (κ1) is 21.7. The Bertz CT molecular complexity index is 1370. The molecule has 1 aliphatic heterocycles. The largest absolute Gasteiger partial charge is 0.496 e. The van der Waals surface area contributed by atoms with E-state index in [9.17, 15) is 5.26 Å². The molecule has 3 aromatic heterocycles. The smallest absolute Gasteiger partial charge is 0.268 e. The van der Waals surface area contributed by atoms with Gasteiger partial charge in [0.25, 0.3) is 11.8 Å². The maximum atomic E-state index is 9.94. The molecule has 5 rings (SSSR count). The van der Waals surface area contributed by atoms with Crippen LogP contribution in [0.25, 0.3) is 34.3 Å². The van der Waals surface area contributed by atoms with E-state index in [1.54, 1.807) is 19.5 Å². The Balaban J connectivity index is 1.51. The van der Waals surface area contributed by atoms with E-state index in [2.05, 4.69) is 31.6 Å². The SMILES string of the molecule is COc1ccccc1-c1nnc(-c2nc(-c3ccnc(C4(C#N)CCNCC4)c3)cnc2C)o1. The normalized spacial score (nSPS) is 15.0. The minimum absolute atomic E-state index is 0.272. The summed E-state index contributed by atoms with van der Waals surface area (Å²) in [5.41, 5.74) is 3.50. The van der Waals surface area contributed by atoms with Crippen LogP contribution in [0.1, 0.15) is 24.2 Å². The van der Waals surface area contributed by atoms with Gasteiger partial charge in [-0.1, -0.05) is 12.1 Å². The molecular formula is C25H23N7O2. The number of hydrogen-bond acceptors (Lipinski definition) is 9. The molecule has 0 saturated carbocycles. The topological polar surface area (TPSA) is 123 Å². The number of aromatic nitrogens is 5. The first-order valence-electron chi connectivity index (χ1n) is 11.0. The lowest BCUT2D eigenvalue weighted by Crippen LogP contribution is -2.39. The van der Waals surface area contributed by atoms with Crippen LogP contribution in [0.4, 0.5) is 0 Å². The highest BCUT2D eigenvalue weighted by molar-refractivity contribution is 5.66. The van der Waals surface area contributed by atoms with E-state index in [-0.39, 0.29) is 5.89 Å². The summed E-state index contributed by atoms with van der Waals surface area (Å²) in [5.74, 6) is 1.25. The number of nitrogens with zero attached hydrogens (tertiary/aromatic N) is 6. The summed E-state index contributed by atoms with van der Waals surface area (Å²) in [6.07, 6.45) is 4.87. The van der Waals surface area contributed by atoms with Crippen LogP contribution in [-0.4, -0.2) is 45.3 Å². The van der Waals surface area contributed by atoms with Crippen molar-refractivity contribution in [1.82, 2.24) is 30.5 Å². The molecule has 4 heterocycles. The van der Waals surface area contributed by atoms with Crippen LogP contribution in [0.3, 0.4) is 0 Å². The third-order valence-corrected chi connectivity index (χ3v) is 6.14. The van der Waals surface area contributed by atoms with Crippen LogP contribution < -0.4 is 10.1 Å². The molecule has 170 valence electrons. The van der Waals surface area contributed by atoms with Gasteiger partial charge in [-0.2, -0.15) is 5.26 Å². The lowest BCUT2D eigenvalue weighted by molar-refractivity contribution is 0.375. The maximum absolute atomic E-state index is 9.94. The first-order chi connectivity index (χ1) is 16.6. The van der Waals surface area contributed by atoms with Gasteiger partial charge in [0, 0.05) is 11.8 Å². The van der Waals surface area contributed by atoms with E-state index >= 15 is 0 Å². The van der Waals surface area contributed by atoms with Crippen molar-refractivity contribution in [3.63, 3.8) is 0 Å². The van der Waals surface area contributed by atoms with E-state index in [1.165, 1.54) is 0 Å². The molecule has 9 nitrogen and oxygen atoms in total. The predicted octanol–water partition coefficient (Wildman–Crippen LogP) is 3.72. The number of nitrogens with one attached hydrogen (secondary N) is 1. The summed E-state index contributed by atoms with van der Waals surface area (Å²) >= 11 is 0. The summed E-state index contributed by atoms with van der Waals surface area (Å²) in [7, 11) is 1.60.